The molecule has 1 fully saturated rings. The lowest BCUT2D eigenvalue weighted by Crippen LogP contribution is -2.54. The number of ether oxygens (including phenoxy) is 3. The number of halogens is 2. The highest BCUT2D eigenvalue weighted by Crippen LogP contribution is 2.36. The largest absolute Gasteiger partial charge is 0.490 e. The van der Waals surface area contributed by atoms with Crippen LogP contribution in [-0.4, -0.2) is 37.5 Å². The van der Waals surface area contributed by atoms with Gasteiger partial charge in [-0.25, -0.2) is 14.5 Å². The number of imide groups is 2. The maximum Gasteiger partial charge on any atom is 0.337 e. The number of amides is 4. The Hall–Kier alpha value is -3.90. The highest BCUT2D eigenvalue weighted by molar-refractivity contribution is 14.1. The van der Waals surface area contributed by atoms with Crippen LogP contribution in [0.15, 0.2) is 66.2 Å². The molecule has 39 heavy (non-hydrogen) atoms. The fraction of sp³-hybridized carbons (Fsp3) is 0.143. The van der Waals surface area contributed by atoms with Crippen molar-refractivity contribution in [3.8, 4) is 11.5 Å². The smallest absolute Gasteiger partial charge is 0.337 e. The quantitative estimate of drug-likeness (QED) is 0.150. The number of anilines is 1. The van der Waals surface area contributed by atoms with E-state index in [2.05, 4.69) is 32.6 Å². The first-order chi connectivity index (χ1) is 18.7. The summed E-state index contributed by atoms with van der Waals surface area (Å²) < 4.78 is 17.2. The summed E-state index contributed by atoms with van der Waals surface area (Å²) in [4.78, 5) is 51.0. The van der Waals surface area contributed by atoms with E-state index in [1.165, 1.54) is 37.5 Å². The summed E-state index contributed by atoms with van der Waals surface area (Å²) in [6, 6.07) is 15.5. The van der Waals surface area contributed by atoms with Crippen molar-refractivity contribution in [2.75, 3.05) is 18.6 Å². The zero-order valence-corrected chi connectivity index (χ0v) is 23.7. The second-order valence-corrected chi connectivity index (χ2v) is 9.71. The lowest BCUT2D eigenvalue weighted by molar-refractivity contribution is -0.122. The number of nitrogens with zero attached hydrogens (tertiary/aromatic N) is 1. The molecular formula is C28H22ClIN2O7. The Kier molecular flexibility index (Phi) is 8.87. The van der Waals surface area contributed by atoms with Crippen molar-refractivity contribution in [2.45, 2.75) is 13.5 Å². The van der Waals surface area contributed by atoms with E-state index in [1.54, 1.807) is 18.2 Å². The molecule has 4 rings (SSSR count). The van der Waals surface area contributed by atoms with Crippen molar-refractivity contribution in [3.63, 3.8) is 0 Å². The fourth-order valence-electron chi connectivity index (χ4n) is 3.76. The number of carbonyl (C=O) groups excluding carboxylic acids is 4. The monoisotopic (exact) mass is 660 g/mol. The average molecular weight is 661 g/mol. The second kappa shape index (κ2) is 12.3. The number of urea groups is 1. The first-order valence-corrected chi connectivity index (χ1v) is 13.1. The van der Waals surface area contributed by atoms with Crippen LogP contribution in [0.25, 0.3) is 6.08 Å². The number of rotatable bonds is 8. The second-order valence-electron chi connectivity index (χ2n) is 8.14. The third kappa shape index (κ3) is 6.23. The predicted molar refractivity (Wildman–Crippen MR) is 153 cm³/mol. The first-order valence-electron chi connectivity index (χ1n) is 11.7. The van der Waals surface area contributed by atoms with Crippen molar-refractivity contribution < 1.29 is 33.4 Å². The molecular weight excluding hydrogens is 639 g/mol. The van der Waals surface area contributed by atoms with Gasteiger partial charge in [-0.2, -0.15) is 0 Å². The van der Waals surface area contributed by atoms with E-state index in [0.717, 1.165) is 10.5 Å². The van der Waals surface area contributed by atoms with E-state index >= 15 is 0 Å². The highest BCUT2D eigenvalue weighted by atomic mass is 127. The minimum Gasteiger partial charge on any atom is -0.490 e. The Morgan fingerprint density at radius 3 is 2.44 bits per heavy atom. The topological polar surface area (TPSA) is 111 Å². The lowest BCUT2D eigenvalue weighted by atomic mass is 10.1. The summed E-state index contributed by atoms with van der Waals surface area (Å²) in [6.45, 7) is 2.38. The van der Waals surface area contributed by atoms with Crippen LogP contribution in [0.4, 0.5) is 10.5 Å². The molecule has 0 aliphatic carbocycles. The molecule has 1 heterocycles. The molecule has 11 heteroatoms. The van der Waals surface area contributed by atoms with Crippen LogP contribution >= 0.6 is 34.2 Å². The van der Waals surface area contributed by atoms with Gasteiger partial charge in [0.1, 0.15) is 12.2 Å². The van der Waals surface area contributed by atoms with E-state index in [4.69, 9.17) is 21.1 Å². The van der Waals surface area contributed by atoms with E-state index in [9.17, 15) is 19.2 Å². The van der Waals surface area contributed by atoms with Gasteiger partial charge in [0.25, 0.3) is 11.8 Å². The first kappa shape index (κ1) is 28.1. The number of nitrogens with one attached hydrogen (secondary N) is 1. The normalized spacial score (nSPS) is 14.3. The molecule has 0 spiro atoms. The molecule has 4 amide bonds. The van der Waals surface area contributed by atoms with Crippen LogP contribution < -0.4 is 19.7 Å². The maximum atomic E-state index is 13.3. The number of hydrogen-bond donors (Lipinski definition) is 1. The summed E-state index contributed by atoms with van der Waals surface area (Å²) in [5, 5.41) is 2.76. The SMILES string of the molecule is CCOc1cc(/C=C2\C(=O)NC(=O)N(c3ccc(C(=O)OC)cc3)C2=O)cc(I)c1OCc1ccccc1Cl. The van der Waals surface area contributed by atoms with Gasteiger partial charge in [0.15, 0.2) is 11.5 Å². The van der Waals surface area contributed by atoms with Crippen LogP contribution in [0, 0.1) is 3.57 Å². The van der Waals surface area contributed by atoms with Crippen molar-refractivity contribution in [1.29, 1.82) is 0 Å². The van der Waals surface area contributed by atoms with Crippen LogP contribution in [0.3, 0.4) is 0 Å². The van der Waals surface area contributed by atoms with Gasteiger partial charge in [-0.05, 0) is 83.6 Å². The molecule has 3 aromatic carbocycles. The Labute approximate surface area is 242 Å². The number of methoxy groups -OCH3 is 1. The number of barbiturate groups is 1. The van der Waals surface area contributed by atoms with Crippen molar-refractivity contribution in [2.24, 2.45) is 0 Å². The molecule has 1 N–H and O–H groups in total. The molecule has 0 bridgehead atoms. The molecule has 0 atom stereocenters. The molecule has 200 valence electrons. The van der Waals surface area contributed by atoms with E-state index < -0.39 is 23.8 Å². The molecule has 0 aromatic heterocycles. The summed E-state index contributed by atoms with van der Waals surface area (Å²) in [6.07, 6.45) is 1.38. The average Bonchev–Trinajstić information content (AvgIpc) is 2.91. The number of carbonyl (C=O) groups is 4. The molecule has 0 unspecified atom stereocenters. The van der Waals surface area contributed by atoms with Crippen LogP contribution in [0.1, 0.15) is 28.4 Å². The maximum absolute atomic E-state index is 13.3. The Morgan fingerprint density at radius 1 is 1.05 bits per heavy atom. The summed E-state index contributed by atoms with van der Waals surface area (Å²) in [5.74, 6) is -1.31. The summed E-state index contributed by atoms with van der Waals surface area (Å²) >= 11 is 8.33. The van der Waals surface area contributed by atoms with Crippen LogP contribution in [-0.2, 0) is 20.9 Å². The summed E-state index contributed by atoms with van der Waals surface area (Å²) in [5.41, 5.74) is 1.46. The molecule has 1 aliphatic rings. The zero-order valence-electron chi connectivity index (χ0n) is 20.8. The Morgan fingerprint density at radius 2 is 1.77 bits per heavy atom. The van der Waals surface area contributed by atoms with Crippen LogP contribution in [0.5, 0.6) is 11.5 Å². The highest BCUT2D eigenvalue weighted by Gasteiger charge is 2.37. The molecule has 1 aliphatic heterocycles. The van der Waals surface area contributed by atoms with Crippen molar-refractivity contribution in [1.82, 2.24) is 5.32 Å². The van der Waals surface area contributed by atoms with E-state index in [0.29, 0.717) is 32.3 Å². The Balaban J connectivity index is 1.65. The molecule has 9 nitrogen and oxygen atoms in total. The summed E-state index contributed by atoms with van der Waals surface area (Å²) in [7, 11) is 1.25. The van der Waals surface area contributed by atoms with E-state index in [1.807, 2.05) is 25.1 Å². The molecule has 1 saturated heterocycles. The van der Waals surface area contributed by atoms with Gasteiger partial charge in [0.2, 0.25) is 0 Å². The van der Waals surface area contributed by atoms with Crippen molar-refractivity contribution >= 4 is 69.8 Å². The number of esters is 1. The Bertz CT molecular complexity index is 1490. The minimum absolute atomic E-state index is 0.177. The number of hydrogen-bond acceptors (Lipinski definition) is 7. The van der Waals surface area contributed by atoms with Gasteiger partial charge in [-0.3, -0.25) is 14.9 Å². The lowest BCUT2D eigenvalue weighted by Gasteiger charge is -2.26. The van der Waals surface area contributed by atoms with Gasteiger partial charge >= 0.3 is 12.0 Å². The van der Waals surface area contributed by atoms with Gasteiger partial charge in [0.05, 0.1) is 28.5 Å². The van der Waals surface area contributed by atoms with Gasteiger partial charge in [-0.15, -0.1) is 0 Å². The minimum atomic E-state index is -0.902. The third-order valence-corrected chi connectivity index (χ3v) is 6.79. The van der Waals surface area contributed by atoms with Gasteiger partial charge < -0.3 is 14.2 Å². The molecule has 0 radical (unpaired) electrons. The predicted octanol–water partition coefficient (Wildman–Crippen LogP) is 5.38. The molecule has 0 saturated carbocycles. The van der Waals surface area contributed by atoms with Crippen molar-refractivity contribution in [3.05, 3.63) is 91.5 Å². The van der Waals surface area contributed by atoms with Gasteiger partial charge in [-0.1, -0.05) is 29.8 Å². The number of benzene rings is 3. The van der Waals surface area contributed by atoms with Crippen LogP contribution in [0.2, 0.25) is 5.02 Å². The molecule has 3 aromatic rings. The fourth-order valence-corrected chi connectivity index (χ4v) is 4.73. The van der Waals surface area contributed by atoms with Gasteiger partial charge in [0, 0.05) is 10.6 Å². The standard InChI is InChI=1S/C28H22ClIN2O7/c1-3-38-23-14-16(13-22(30)24(23)39-15-18-6-4-5-7-21(18)29)12-20-25(33)31-28(36)32(26(20)34)19-10-8-17(9-11-19)27(35)37-2/h4-14H,3,15H2,1-2H3,(H,31,33,36)/b20-12+. The zero-order chi connectivity index (χ0) is 28.1. The van der Waals surface area contributed by atoms with E-state index in [-0.39, 0.29) is 23.4 Å². The third-order valence-electron chi connectivity index (χ3n) is 5.62.